The van der Waals surface area contributed by atoms with Gasteiger partial charge in [-0.2, -0.15) is 0 Å². The largest absolute Gasteiger partial charge is 0.403 e. The molecule has 0 unspecified atom stereocenters. The van der Waals surface area contributed by atoms with E-state index in [1.54, 1.807) is 6.20 Å². The third kappa shape index (κ3) is 1.60. The van der Waals surface area contributed by atoms with Crippen LogP contribution in [0.15, 0.2) is 30.6 Å². The van der Waals surface area contributed by atoms with Gasteiger partial charge in [0, 0.05) is 25.5 Å². The third-order valence-corrected chi connectivity index (χ3v) is 2.72. The molecule has 14 heavy (non-hydrogen) atoms. The van der Waals surface area contributed by atoms with Crippen LogP contribution in [0.1, 0.15) is 23.6 Å². The molecule has 0 amide bonds. The topological polar surface area (TPSA) is 29.3 Å². The van der Waals surface area contributed by atoms with E-state index in [4.69, 9.17) is 5.73 Å². The van der Waals surface area contributed by atoms with Gasteiger partial charge in [-0.15, -0.1) is 0 Å². The molecule has 0 bridgehead atoms. The number of hydrogen-bond acceptors (Lipinski definition) is 2. The summed E-state index contributed by atoms with van der Waals surface area (Å²) in [5, 5.41) is 0. The first-order valence-electron chi connectivity index (χ1n) is 5.06. The molecular formula is C12H16N2. The van der Waals surface area contributed by atoms with Crippen molar-refractivity contribution in [1.29, 1.82) is 0 Å². The number of benzene rings is 1. The molecule has 0 aliphatic carbocycles. The van der Waals surface area contributed by atoms with Crippen LogP contribution in [0.3, 0.4) is 0 Å². The van der Waals surface area contributed by atoms with Crippen LogP contribution < -0.4 is 5.73 Å². The number of fused-ring (bicyclic) bond motifs is 1. The first-order chi connectivity index (χ1) is 6.83. The minimum Gasteiger partial charge on any atom is -0.403 e. The second-order valence-electron chi connectivity index (χ2n) is 3.70. The molecule has 2 N–H and O–H groups in total. The monoisotopic (exact) mass is 188 g/mol. The minimum atomic E-state index is 0.993. The zero-order chi connectivity index (χ0) is 9.97. The van der Waals surface area contributed by atoms with E-state index in [0.717, 1.165) is 19.5 Å². The third-order valence-electron chi connectivity index (χ3n) is 2.72. The van der Waals surface area contributed by atoms with Crippen molar-refractivity contribution in [2.45, 2.75) is 26.4 Å². The lowest BCUT2D eigenvalue weighted by molar-refractivity contribution is 0.398. The van der Waals surface area contributed by atoms with Crippen LogP contribution in [0.2, 0.25) is 0 Å². The highest BCUT2D eigenvalue weighted by molar-refractivity contribution is 5.35. The Morgan fingerprint density at radius 3 is 2.86 bits per heavy atom. The van der Waals surface area contributed by atoms with E-state index in [1.165, 1.54) is 16.7 Å². The Bertz CT molecular complexity index is 355. The van der Waals surface area contributed by atoms with E-state index in [2.05, 4.69) is 30.0 Å². The number of nitrogens with two attached hydrogens (primary N) is 1. The number of aryl methyl sites for hydroxylation is 1. The molecule has 0 spiro atoms. The molecule has 1 aromatic carbocycles. The lowest BCUT2D eigenvalue weighted by Gasteiger charge is -2.09. The summed E-state index contributed by atoms with van der Waals surface area (Å²) < 4.78 is 0. The van der Waals surface area contributed by atoms with Crippen molar-refractivity contribution < 1.29 is 0 Å². The van der Waals surface area contributed by atoms with Gasteiger partial charge in [0.15, 0.2) is 0 Å². The Balaban J connectivity index is 2.22. The van der Waals surface area contributed by atoms with Crippen LogP contribution in [-0.2, 0) is 19.5 Å². The highest BCUT2D eigenvalue weighted by Gasteiger charge is 2.15. The Morgan fingerprint density at radius 2 is 2.14 bits per heavy atom. The molecule has 2 heteroatoms. The van der Waals surface area contributed by atoms with E-state index in [9.17, 15) is 0 Å². The lowest BCUT2D eigenvalue weighted by atomic mass is 10.1. The van der Waals surface area contributed by atoms with Gasteiger partial charge in [0.25, 0.3) is 0 Å². The van der Waals surface area contributed by atoms with Crippen molar-refractivity contribution in [1.82, 2.24) is 4.90 Å². The molecule has 2 nitrogen and oxygen atoms in total. The number of hydrogen-bond donors (Lipinski definition) is 1. The van der Waals surface area contributed by atoms with Crippen molar-refractivity contribution in [2.75, 3.05) is 0 Å². The van der Waals surface area contributed by atoms with Crippen molar-refractivity contribution in [3.05, 3.63) is 47.3 Å². The Labute approximate surface area is 85.0 Å². The van der Waals surface area contributed by atoms with Crippen LogP contribution in [0.4, 0.5) is 0 Å². The summed E-state index contributed by atoms with van der Waals surface area (Å²) in [4.78, 5) is 2.23. The van der Waals surface area contributed by atoms with Gasteiger partial charge < -0.3 is 10.6 Å². The minimum absolute atomic E-state index is 0.993. The summed E-state index contributed by atoms with van der Waals surface area (Å²) in [6, 6.07) is 6.76. The van der Waals surface area contributed by atoms with E-state index in [-0.39, 0.29) is 0 Å². The molecule has 0 fully saturated rings. The number of rotatable bonds is 2. The van der Waals surface area contributed by atoms with Crippen LogP contribution in [-0.4, -0.2) is 4.90 Å². The van der Waals surface area contributed by atoms with Gasteiger partial charge in [-0.05, 0) is 23.1 Å². The second kappa shape index (κ2) is 3.74. The smallest absolute Gasteiger partial charge is 0.0431 e. The SMILES string of the molecule is CCc1ccc2c(c1)CN(/C=C\N)C2. The van der Waals surface area contributed by atoms with Gasteiger partial charge in [0.05, 0.1) is 0 Å². The highest BCUT2D eigenvalue weighted by atomic mass is 15.1. The predicted octanol–water partition coefficient (Wildman–Crippen LogP) is 1.99. The fourth-order valence-corrected chi connectivity index (χ4v) is 1.92. The quantitative estimate of drug-likeness (QED) is 0.769. The van der Waals surface area contributed by atoms with Gasteiger partial charge in [-0.25, -0.2) is 0 Å². The summed E-state index contributed by atoms with van der Waals surface area (Å²) >= 11 is 0. The highest BCUT2D eigenvalue weighted by Crippen LogP contribution is 2.23. The van der Waals surface area contributed by atoms with E-state index >= 15 is 0 Å². The van der Waals surface area contributed by atoms with Crippen molar-refractivity contribution in [3.8, 4) is 0 Å². The molecule has 0 saturated heterocycles. The summed E-state index contributed by atoms with van der Waals surface area (Å²) in [5.74, 6) is 0. The van der Waals surface area contributed by atoms with Gasteiger partial charge >= 0.3 is 0 Å². The van der Waals surface area contributed by atoms with Gasteiger partial charge in [0.2, 0.25) is 0 Å². The van der Waals surface area contributed by atoms with Crippen molar-refractivity contribution >= 4 is 0 Å². The van der Waals surface area contributed by atoms with Crippen molar-refractivity contribution in [2.24, 2.45) is 5.73 Å². The molecule has 1 aromatic rings. The van der Waals surface area contributed by atoms with Crippen molar-refractivity contribution in [3.63, 3.8) is 0 Å². The zero-order valence-corrected chi connectivity index (χ0v) is 8.53. The average Bonchev–Trinajstić information content (AvgIpc) is 2.59. The summed E-state index contributed by atoms with van der Waals surface area (Å²) in [6.07, 6.45) is 4.66. The summed E-state index contributed by atoms with van der Waals surface area (Å²) in [6.45, 7) is 4.18. The maximum Gasteiger partial charge on any atom is 0.0431 e. The lowest BCUT2D eigenvalue weighted by Crippen LogP contribution is -2.07. The van der Waals surface area contributed by atoms with E-state index in [0.29, 0.717) is 0 Å². The predicted molar refractivity (Wildman–Crippen MR) is 58.4 cm³/mol. The fraction of sp³-hybridized carbons (Fsp3) is 0.333. The zero-order valence-electron chi connectivity index (χ0n) is 8.53. The summed E-state index contributed by atoms with van der Waals surface area (Å²) in [5.41, 5.74) is 9.67. The van der Waals surface area contributed by atoms with E-state index in [1.807, 2.05) is 6.20 Å². The molecule has 74 valence electrons. The Hall–Kier alpha value is -1.44. The van der Waals surface area contributed by atoms with Crippen LogP contribution in [0.25, 0.3) is 0 Å². The second-order valence-corrected chi connectivity index (χ2v) is 3.70. The first kappa shape index (κ1) is 9.13. The van der Waals surface area contributed by atoms with E-state index < -0.39 is 0 Å². The van der Waals surface area contributed by atoms with Gasteiger partial charge in [-0.1, -0.05) is 25.1 Å². The molecule has 1 heterocycles. The molecule has 2 rings (SSSR count). The maximum absolute atomic E-state index is 5.38. The fourth-order valence-electron chi connectivity index (χ4n) is 1.92. The molecule has 1 aliphatic rings. The number of nitrogens with zero attached hydrogens (tertiary/aromatic N) is 1. The van der Waals surface area contributed by atoms with Crippen LogP contribution >= 0.6 is 0 Å². The van der Waals surface area contributed by atoms with Gasteiger partial charge in [-0.3, -0.25) is 0 Å². The molecular weight excluding hydrogens is 172 g/mol. The molecule has 1 aliphatic heterocycles. The Morgan fingerprint density at radius 1 is 1.36 bits per heavy atom. The maximum atomic E-state index is 5.38. The molecule has 0 atom stereocenters. The normalized spacial score (nSPS) is 15.1. The van der Waals surface area contributed by atoms with Gasteiger partial charge in [0.1, 0.15) is 0 Å². The van der Waals surface area contributed by atoms with Crippen LogP contribution in [0, 0.1) is 0 Å². The average molecular weight is 188 g/mol. The van der Waals surface area contributed by atoms with Crippen LogP contribution in [0.5, 0.6) is 0 Å². The standard InChI is InChI=1S/C12H16N2/c1-2-10-3-4-11-8-14(6-5-13)9-12(11)7-10/h3-7H,2,8-9,13H2,1H3/b6-5-. The molecule has 0 radical (unpaired) electrons. The molecule has 0 saturated carbocycles. The molecule has 0 aromatic heterocycles. The summed E-state index contributed by atoms with van der Waals surface area (Å²) in [7, 11) is 0. The Kier molecular flexibility index (Phi) is 2.44. The first-order valence-corrected chi connectivity index (χ1v) is 5.06.